The van der Waals surface area contributed by atoms with E-state index in [0.29, 0.717) is 17.2 Å². The van der Waals surface area contributed by atoms with Gasteiger partial charge in [-0.1, -0.05) is 30.3 Å². The molecule has 6 nitrogen and oxygen atoms in total. The Labute approximate surface area is 167 Å². The van der Waals surface area contributed by atoms with Crippen LogP contribution in [-0.2, 0) is 11.3 Å². The minimum atomic E-state index is -0.188. The van der Waals surface area contributed by atoms with Gasteiger partial charge in [-0.15, -0.1) is 0 Å². The summed E-state index contributed by atoms with van der Waals surface area (Å²) in [6.45, 7) is 6.61. The topological polar surface area (TPSA) is 54.0 Å². The lowest BCUT2D eigenvalue weighted by atomic mass is 10.1. The summed E-state index contributed by atoms with van der Waals surface area (Å²) in [6.07, 6.45) is 0. The first-order valence-corrected chi connectivity index (χ1v) is 9.64. The van der Waals surface area contributed by atoms with Crippen molar-refractivity contribution in [1.82, 2.24) is 9.80 Å². The number of carbonyl (C=O) groups is 1. The monoisotopic (exact) mass is 383 g/mol. The summed E-state index contributed by atoms with van der Waals surface area (Å²) >= 11 is 0. The molecular formula is C22H29N3O3. The molecule has 0 aromatic heterocycles. The lowest BCUT2D eigenvalue weighted by Crippen LogP contribution is -2.52. The number of hydrogen-bond acceptors (Lipinski definition) is 5. The second-order valence-electron chi connectivity index (χ2n) is 7.03. The maximum absolute atomic E-state index is 12.7. The van der Waals surface area contributed by atoms with E-state index in [0.717, 1.165) is 32.7 Å². The molecule has 0 unspecified atom stereocenters. The molecule has 28 heavy (non-hydrogen) atoms. The van der Waals surface area contributed by atoms with E-state index < -0.39 is 0 Å². The SMILES string of the molecule is COc1ccc(NC(=O)[C@@H](C)N2CCN(Cc3ccccc3)CC2)cc1OC. The van der Waals surface area contributed by atoms with Crippen molar-refractivity contribution in [3.8, 4) is 11.5 Å². The van der Waals surface area contributed by atoms with E-state index in [2.05, 4.69) is 39.4 Å². The molecule has 1 amide bonds. The highest BCUT2D eigenvalue weighted by Crippen LogP contribution is 2.29. The first kappa shape index (κ1) is 20.2. The van der Waals surface area contributed by atoms with Crippen molar-refractivity contribution in [3.63, 3.8) is 0 Å². The van der Waals surface area contributed by atoms with E-state index in [4.69, 9.17) is 9.47 Å². The molecule has 150 valence electrons. The summed E-state index contributed by atoms with van der Waals surface area (Å²) in [5.41, 5.74) is 2.03. The minimum Gasteiger partial charge on any atom is -0.493 e. The smallest absolute Gasteiger partial charge is 0.241 e. The number of nitrogens with zero attached hydrogens (tertiary/aromatic N) is 2. The third-order valence-electron chi connectivity index (χ3n) is 5.23. The standard InChI is InChI=1S/C22H29N3O3/c1-17(22(26)23-19-9-10-20(27-2)21(15-19)28-3)25-13-11-24(12-14-25)16-18-7-5-4-6-8-18/h4-10,15,17H,11-14,16H2,1-3H3,(H,23,26)/t17-/m1/s1. The Hall–Kier alpha value is -2.57. The van der Waals surface area contributed by atoms with Crippen molar-refractivity contribution in [1.29, 1.82) is 0 Å². The fourth-order valence-electron chi connectivity index (χ4n) is 3.48. The van der Waals surface area contributed by atoms with E-state index in [1.807, 2.05) is 19.1 Å². The first-order valence-electron chi connectivity index (χ1n) is 9.64. The molecule has 1 N–H and O–H groups in total. The quantitative estimate of drug-likeness (QED) is 0.797. The fourth-order valence-corrected chi connectivity index (χ4v) is 3.48. The van der Waals surface area contributed by atoms with Crippen LogP contribution in [0.4, 0.5) is 5.69 Å². The third kappa shape index (κ3) is 5.03. The molecule has 2 aromatic rings. The Balaban J connectivity index is 1.52. The van der Waals surface area contributed by atoms with Gasteiger partial charge in [-0.2, -0.15) is 0 Å². The average Bonchev–Trinajstić information content (AvgIpc) is 2.74. The Bertz CT molecular complexity index is 774. The summed E-state index contributed by atoms with van der Waals surface area (Å²) in [4.78, 5) is 17.4. The average molecular weight is 383 g/mol. The lowest BCUT2D eigenvalue weighted by Gasteiger charge is -2.37. The molecule has 0 radical (unpaired) electrons. The number of piperazine rings is 1. The zero-order valence-electron chi connectivity index (χ0n) is 16.9. The van der Waals surface area contributed by atoms with Crippen LogP contribution < -0.4 is 14.8 Å². The summed E-state index contributed by atoms with van der Waals surface area (Å²) in [5.74, 6) is 1.23. The maximum Gasteiger partial charge on any atom is 0.241 e. The van der Waals surface area contributed by atoms with Crippen LogP contribution in [0.3, 0.4) is 0 Å². The molecule has 0 saturated carbocycles. The van der Waals surface area contributed by atoms with Gasteiger partial charge in [-0.3, -0.25) is 14.6 Å². The van der Waals surface area contributed by atoms with Crippen LogP contribution in [0.15, 0.2) is 48.5 Å². The van der Waals surface area contributed by atoms with Gasteiger partial charge in [0.1, 0.15) is 0 Å². The molecule has 1 atom stereocenters. The molecule has 0 spiro atoms. The van der Waals surface area contributed by atoms with Crippen molar-refractivity contribution in [2.75, 3.05) is 45.7 Å². The van der Waals surface area contributed by atoms with Gasteiger partial charge in [0.25, 0.3) is 0 Å². The van der Waals surface area contributed by atoms with Gasteiger partial charge >= 0.3 is 0 Å². The number of amides is 1. The Morgan fingerprint density at radius 1 is 1.00 bits per heavy atom. The van der Waals surface area contributed by atoms with Gasteiger partial charge < -0.3 is 14.8 Å². The number of hydrogen-bond donors (Lipinski definition) is 1. The number of methoxy groups -OCH3 is 2. The second kappa shape index (κ2) is 9.57. The molecule has 0 bridgehead atoms. The summed E-state index contributed by atoms with van der Waals surface area (Å²) in [6, 6.07) is 15.7. The Morgan fingerprint density at radius 3 is 2.32 bits per heavy atom. The van der Waals surface area contributed by atoms with Gasteiger partial charge in [0.05, 0.1) is 20.3 Å². The maximum atomic E-state index is 12.7. The van der Waals surface area contributed by atoms with E-state index in [1.165, 1.54) is 5.56 Å². The highest BCUT2D eigenvalue weighted by Gasteiger charge is 2.25. The van der Waals surface area contributed by atoms with Gasteiger partial charge in [0, 0.05) is 44.5 Å². The molecule has 1 fully saturated rings. The molecule has 0 aliphatic carbocycles. The number of benzene rings is 2. The highest BCUT2D eigenvalue weighted by molar-refractivity contribution is 5.94. The fraction of sp³-hybridized carbons (Fsp3) is 0.409. The van der Waals surface area contributed by atoms with E-state index in [9.17, 15) is 4.79 Å². The first-order chi connectivity index (χ1) is 13.6. The van der Waals surface area contributed by atoms with Crippen molar-refractivity contribution in [3.05, 3.63) is 54.1 Å². The molecule has 6 heteroatoms. The van der Waals surface area contributed by atoms with E-state index in [-0.39, 0.29) is 11.9 Å². The van der Waals surface area contributed by atoms with Crippen molar-refractivity contribution in [2.45, 2.75) is 19.5 Å². The number of anilines is 1. The number of ether oxygens (including phenoxy) is 2. The second-order valence-corrected chi connectivity index (χ2v) is 7.03. The summed E-state index contributed by atoms with van der Waals surface area (Å²) < 4.78 is 10.5. The van der Waals surface area contributed by atoms with Crippen LogP contribution >= 0.6 is 0 Å². The number of nitrogens with one attached hydrogen (secondary N) is 1. The Morgan fingerprint density at radius 2 is 1.68 bits per heavy atom. The van der Waals surface area contributed by atoms with Crippen LogP contribution in [-0.4, -0.2) is 62.1 Å². The highest BCUT2D eigenvalue weighted by atomic mass is 16.5. The largest absolute Gasteiger partial charge is 0.493 e. The molecule has 1 heterocycles. The van der Waals surface area contributed by atoms with Gasteiger partial charge in [-0.05, 0) is 24.6 Å². The van der Waals surface area contributed by atoms with Gasteiger partial charge in [0.2, 0.25) is 5.91 Å². The summed E-state index contributed by atoms with van der Waals surface area (Å²) in [5, 5.41) is 2.99. The van der Waals surface area contributed by atoms with Crippen LogP contribution in [0.1, 0.15) is 12.5 Å². The van der Waals surface area contributed by atoms with Gasteiger partial charge in [0.15, 0.2) is 11.5 Å². The molecule has 3 rings (SSSR count). The van der Waals surface area contributed by atoms with Crippen molar-refractivity contribution >= 4 is 11.6 Å². The zero-order chi connectivity index (χ0) is 19.9. The molecular weight excluding hydrogens is 354 g/mol. The number of rotatable bonds is 7. The lowest BCUT2D eigenvalue weighted by molar-refractivity contribution is -0.121. The molecule has 1 saturated heterocycles. The van der Waals surface area contributed by atoms with E-state index in [1.54, 1.807) is 26.4 Å². The Kier molecular flexibility index (Phi) is 6.90. The molecule has 2 aromatic carbocycles. The van der Waals surface area contributed by atoms with Gasteiger partial charge in [-0.25, -0.2) is 0 Å². The number of carbonyl (C=O) groups excluding carboxylic acids is 1. The van der Waals surface area contributed by atoms with E-state index >= 15 is 0 Å². The molecule has 1 aliphatic heterocycles. The predicted molar refractivity (Wildman–Crippen MR) is 111 cm³/mol. The predicted octanol–water partition coefficient (Wildman–Crippen LogP) is 2.85. The van der Waals surface area contributed by atoms with Crippen molar-refractivity contribution in [2.24, 2.45) is 0 Å². The normalized spacial score (nSPS) is 16.4. The van der Waals surface area contributed by atoms with Crippen LogP contribution in [0.5, 0.6) is 11.5 Å². The summed E-state index contributed by atoms with van der Waals surface area (Å²) in [7, 11) is 3.18. The zero-order valence-corrected chi connectivity index (χ0v) is 16.9. The van der Waals surface area contributed by atoms with Crippen LogP contribution in [0.25, 0.3) is 0 Å². The minimum absolute atomic E-state index is 0.0104. The van der Waals surface area contributed by atoms with Crippen LogP contribution in [0, 0.1) is 0 Å². The van der Waals surface area contributed by atoms with Crippen molar-refractivity contribution < 1.29 is 14.3 Å². The van der Waals surface area contributed by atoms with Crippen LogP contribution in [0.2, 0.25) is 0 Å². The third-order valence-corrected chi connectivity index (χ3v) is 5.23. The molecule has 1 aliphatic rings.